The van der Waals surface area contributed by atoms with Crippen LogP contribution in [0.15, 0.2) is 28.0 Å². The molecule has 2 aromatic rings. The molecule has 2 aromatic heterocycles. The molecule has 0 bridgehead atoms. The Morgan fingerprint density at radius 1 is 1.41 bits per heavy atom. The van der Waals surface area contributed by atoms with Crippen LogP contribution < -0.4 is 10.5 Å². The van der Waals surface area contributed by atoms with Gasteiger partial charge in [0, 0.05) is 6.54 Å². The maximum absolute atomic E-state index is 11.9. The van der Waals surface area contributed by atoms with Crippen molar-refractivity contribution in [3.05, 3.63) is 29.4 Å². The van der Waals surface area contributed by atoms with Gasteiger partial charge in [-0.25, -0.2) is 18.1 Å². The van der Waals surface area contributed by atoms with E-state index >= 15 is 0 Å². The molecule has 90 valence electrons. The summed E-state index contributed by atoms with van der Waals surface area (Å²) in [5.74, 6) is -0.0600. The molecule has 0 unspecified atom stereocenters. The number of nitrogens with zero attached hydrogens (tertiary/aromatic N) is 3. The van der Waals surface area contributed by atoms with E-state index in [2.05, 4.69) is 19.9 Å². The molecule has 3 N–H and O–H groups in total. The van der Waals surface area contributed by atoms with Crippen LogP contribution in [0.1, 0.15) is 5.56 Å². The second-order valence-corrected chi connectivity index (χ2v) is 5.87. The molecule has 9 heteroatoms. The Bertz CT molecular complexity index is 595. The molecule has 0 atom stereocenters. The van der Waals surface area contributed by atoms with Gasteiger partial charge in [0.05, 0.1) is 12.4 Å². The molecule has 0 aliphatic heterocycles. The van der Waals surface area contributed by atoms with Crippen LogP contribution in [0.3, 0.4) is 0 Å². The fourth-order valence-corrected chi connectivity index (χ4v) is 3.23. The quantitative estimate of drug-likeness (QED) is 0.821. The Hall–Kier alpha value is -1.58. The van der Waals surface area contributed by atoms with E-state index in [1.807, 2.05) is 0 Å². The van der Waals surface area contributed by atoms with Gasteiger partial charge in [-0.15, -0.1) is 16.4 Å². The number of thiophene rings is 1. The highest BCUT2D eigenvalue weighted by Crippen LogP contribution is 2.21. The molecule has 0 aliphatic rings. The topological polar surface area (TPSA) is 111 Å². The third-order valence-electron chi connectivity index (χ3n) is 1.84. The van der Waals surface area contributed by atoms with E-state index in [1.54, 1.807) is 5.38 Å². The number of hydrogen-bond acceptors (Lipinski definition) is 7. The summed E-state index contributed by atoms with van der Waals surface area (Å²) in [4.78, 5) is 3.73. The average Bonchev–Trinajstić information content (AvgIpc) is 2.79. The number of aromatic nitrogens is 3. The van der Waals surface area contributed by atoms with Crippen LogP contribution >= 0.6 is 11.3 Å². The minimum atomic E-state index is -3.65. The second-order valence-electron chi connectivity index (χ2n) is 3.05. The standard InChI is InChI=1S/C8H9N5O2S2/c9-4-6-3-7(16-5-6)17(14,15)13-8-10-1-2-11-12-8/h1-3,5H,4,9H2,(H,10,12,13). The number of nitrogens with two attached hydrogens (primary N) is 1. The molecule has 2 heterocycles. The van der Waals surface area contributed by atoms with Crippen LogP contribution in [0, 0.1) is 0 Å². The number of nitrogens with one attached hydrogen (secondary N) is 1. The third kappa shape index (κ3) is 2.75. The van der Waals surface area contributed by atoms with E-state index < -0.39 is 10.0 Å². The highest BCUT2D eigenvalue weighted by molar-refractivity contribution is 7.94. The van der Waals surface area contributed by atoms with Crippen molar-refractivity contribution >= 4 is 27.3 Å². The molecular formula is C8H9N5O2S2. The molecule has 0 aliphatic carbocycles. The molecule has 0 saturated carbocycles. The van der Waals surface area contributed by atoms with E-state index in [0.29, 0.717) is 6.54 Å². The summed E-state index contributed by atoms with van der Waals surface area (Å²) in [5, 5.41) is 8.77. The lowest BCUT2D eigenvalue weighted by molar-refractivity contribution is 0.602. The van der Waals surface area contributed by atoms with Crippen LogP contribution in [0.4, 0.5) is 5.95 Å². The fraction of sp³-hybridized carbons (Fsp3) is 0.125. The van der Waals surface area contributed by atoms with Crippen molar-refractivity contribution in [1.29, 1.82) is 0 Å². The highest BCUT2D eigenvalue weighted by atomic mass is 32.2. The molecule has 0 fully saturated rings. The molecule has 2 rings (SSSR count). The Labute approximate surface area is 102 Å². The number of anilines is 1. The summed E-state index contributed by atoms with van der Waals surface area (Å²) in [5.41, 5.74) is 6.18. The van der Waals surface area contributed by atoms with E-state index in [0.717, 1.165) is 16.9 Å². The largest absolute Gasteiger partial charge is 0.326 e. The maximum atomic E-state index is 11.9. The maximum Gasteiger partial charge on any atom is 0.273 e. The normalized spacial score (nSPS) is 11.4. The minimum Gasteiger partial charge on any atom is -0.326 e. The van der Waals surface area contributed by atoms with E-state index in [4.69, 9.17) is 5.73 Å². The highest BCUT2D eigenvalue weighted by Gasteiger charge is 2.17. The lowest BCUT2D eigenvalue weighted by Crippen LogP contribution is -2.14. The predicted molar refractivity (Wildman–Crippen MR) is 62.8 cm³/mol. The van der Waals surface area contributed by atoms with Crippen molar-refractivity contribution in [2.75, 3.05) is 4.72 Å². The summed E-state index contributed by atoms with van der Waals surface area (Å²) < 4.78 is 26.2. The van der Waals surface area contributed by atoms with E-state index in [1.165, 1.54) is 18.5 Å². The van der Waals surface area contributed by atoms with Crippen LogP contribution in [0.25, 0.3) is 0 Å². The smallest absolute Gasteiger partial charge is 0.273 e. The van der Waals surface area contributed by atoms with Gasteiger partial charge in [-0.2, -0.15) is 5.10 Å². The molecule has 0 aromatic carbocycles. The van der Waals surface area contributed by atoms with Crippen molar-refractivity contribution < 1.29 is 8.42 Å². The van der Waals surface area contributed by atoms with Gasteiger partial charge in [0.1, 0.15) is 4.21 Å². The minimum absolute atomic E-state index is 0.0600. The van der Waals surface area contributed by atoms with Crippen LogP contribution in [0.2, 0.25) is 0 Å². The van der Waals surface area contributed by atoms with Gasteiger partial charge in [-0.1, -0.05) is 0 Å². The first-order chi connectivity index (χ1) is 8.12. The zero-order valence-corrected chi connectivity index (χ0v) is 10.2. The Morgan fingerprint density at radius 2 is 2.24 bits per heavy atom. The van der Waals surface area contributed by atoms with Crippen molar-refractivity contribution in [3.8, 4) is 0 Å². The summed E-state index contributed by atoms with van der Waals surface area (Å²) >= 11 is 1.09. The zero-order valence-electron chi connectivity index (χ0n) is 8.57. The SMILES string of the molecule is NCc1csc(S(=O)(=O)Nc2nccnn2)c1. The number of hydrogen-bond donors (Lipinski definition) is 2. The second kappa shape index (κ2) is 4.73. The first kappa shape index (κ1) is 11.9. The van der Waals surface area contributed by atoms with Gasteiger partial charge >= 0.3 is 0 Å². The number of rotatable bonds is 4. The van der Waals surface area contributed by atoms with Gasteiger partial charge in [0.2, 0.25) is 0 Å². The van der Waals surface area contributed by atoms with Gasteiger partial charge < -0.3 is 5.73 Å². The molecular weight excluding hydrogens is 262 g/mol. The fourth-order valence-electron chi connectivity index (χ4n) is 1.07. The summed E-state index contributed by atoms with van der Waals surface area (Å²) in [6.07, 6.45) is 2.71. The zero-order chi connectivity index (χ0) is 12.3. The molecule has 0 spiro atoms. The molecule has 17 heavy (non-hydrogen) atoms. The van der Waals surface area contributed by atoms with Crippen molar-refractivity contribution in [2.24, 2.45) is 5.73 Å². The van der Waals surface area contributed by atoms with Crippen LogP contribution in [0.5, 0.6) is 0 Å². The Balaban J connectivity index is 2.25. The average molecular weight is 271 g/mol. The first-order valence-corrected chi connectivity index (χ1v) is 6.92. The van der Waals surface area contributed by atoms with Crippen molar-refractivity contribution in [2.45, 2.75) is 10.8 Å². The Kier molecular flexibility index (Phi) is 3.31. The monoisotopic (exact) mass is 271 g/mol. The number of sulfonamides is 1. The molecule has 0 saturated heterocycles. The summed E-state index contributed by atoms with van der Waals surface area (Å²) in [7, 11) is -3.65. The lowest BCUT2D eigenvalue weighted by Gasteiger charge is -2.02. The molecule has 0 amide bonds. The molecule has 0 radical (unpaired) electrons. The lowest BCUT2D eigenvalue weighted by atomic mass is 10.4. The van der Waals surface area contributed by atoms with Crippen LogP contribution in [-0.4, -0.2) is 23.6 Å². The van der Waals surface area contributed by atoms with Gasteiger partial charge in [-0.3, -0.25) is 0 Å². The first-order valence-electron chi connectivity index (χ1n) is 4.56. The predicted octanol–water partition coefficient (Wildman–Crippen LogP) is 0.193. The van der Waals surface area contributed by atoms with Gasteiger partial charge in [0.25, 0.3) is 16.0 Å². The van der Waals surface area contributed by atoms with Crippen molar-refractivity contribution in [3.63, 3.8) is 0 Å². The molecule has 7 nitrogen and oxygen atoms in total. The Morgan fingerprint density at radius 3 is 2.82 bits per heavy atom. The third-order valence-corrected chi connectivity index (χ3v) is 4.66. The van der Waals surface area contributed by atoms with E-state index in [9.17, 15) is 8.42 Å². The summed E-state index contributed by atoms with van der Waals surface area (Å²) in [6, 6.07) is 1.52. The van der Waals surface area contributed by atoms with Crippen LogP contribution in [-0.2, 0) is 16.6 Å². The van der Waals surface area contributed by atoms with Gasteiger partial charge in [0.15, 0.2) is 0 Å². The van der Waals surface area contributed by atoms with Crippen molar-refractivity contribution in [1.82, 2.24) is 15.2 Å². The van der Waals surface area contributed by atoms with E-state index in [-0.39, 0.29) is 10.2 Å². The van der Waals surface area contributed by atoms with Gasteiger partial charge in [-0.05, 0) is 17.0 Å². The summed E-state index contributed by atoms with van der Waals surface area (Å²) in [6.45, 7) is 0.301.